The Balaban J connectivity index is 1.75. The summed E-state index contributed by atoms with van der Waals surface area (Å²) in [5, 5.41) is 15.3. The van der Waals surface area contributed by atoms with Gasteiger partial charge in [-0.3, -0.25) is 4.55 Å². The number of aromatic nitrogens is 3. The molecule has 0 fully saturated rings. The van der Waals surface area contributed by atoms with E-state index in [-0.39, 0.29) is 39.1 Å². The monoisotopic (exact) mass is 455 g/mol. The smallest absolute Gasteiger partial charge is 0.337 e. The summed E-state index contributed by atoms with van der Waals surface area (Å²) in [5.41, 5.74) is 0.253. The summed E-state index contributed by atoms with van der Waals surface area (Å²) in [6, 6.07) is 15.0. The highest BCUT2D eigenvalue weighted by Crippen LogP contribution is 2.31. The van der Waals surface area contributed by atoms with Crippen LogP contribution in [-0.4, -0.2) is 39.0 Å². The van der Waals surface area contributed by atoms with Crippen molar-refractivity contribution in [3.8, 4) is 0 Å². The van der Waals surface area contributed by atoms with Gasteiger partial charge in [0, 0.05) is 5.39 Å². The predicted octanol–water partition coefficient (Wildman–Crippen LogP) is 3.60. The van der Waals surface area contributed by atoms with Crippen molar-refractivity contribution in [1.29, 1.82) is 0 Å². The normalized spacial score (nSPS) is 11.3. The van der Waals surface area contributed by atoms with Crippen molar-refractivity contribution in [2.24, 2.45) is 0 Å². The Morgan fingerprint density at radius 3 is 2.09 bits per heavy atom. The van der Waals surface area contributed by atoms with Crippen molar-refractivity contribution >= 4 is 50.1 Å². The second-order valence-corrected chi connectivity index (χ2v) is 7.88. The first-order chi connectivity index (χ1) is 15.2. The number of nitrogens with one attached hydrogen (secondary N) is 2. The standard InChI is InChI=1S/C20H14FN5O5S/c21-18-24-19(22-13-8-2-1-7-12(13)17(27)28)26-20(25-18)23-14-9-3-5-11-6-4-10-15(16(11)14)32(29,30)31/h1-10H,(H,27,28)(H,29,30,31)(H2,22,23,24,25,26). The second-order valence-electron chi connectivity index (χ2n) is 6.49. The molecule has 3 aromatic carbocycles. The van der Waals surface area contributed by atoms with Gasteiger partial charge in [0.2, 0.25) is 11.9 Å². The number of rotatable bonds is 6. The van der Waals surface area contributed by atoms with E-state index in [1.165, 1.54) is 36.4 Å². The topological polar surface area (TPSA) is 154 Å². The fraction of sp³-hybridized carbons (Fsp3) is 0. The van der Waals surface area contributed by atoms with E-state index in [4.69, 9.17) is 0 Å². The molecule has 1 aromatic heterocycles. The molecule has 10 nitrogen and oxygen atoms in total. The Bertz CT molecular complexity index is 1460. The van der Waals surface area contributed by atoms with E-state index in [0.29, 0.717) is 5.39 Å². The molecule has 12 heteroatoms. The molecule has 0 radical (unpaired) electrons. The van der Waals surface area contributed by atoms with Crippen LogP contribution in [0.1, 0.15) is 10.4 Å². The van der Waals surface area contributed by atoms with Crippen LogP contribution in [0.4, 0.5) is 27.7 Å². The highest BCUT2D eigenvalue weighted by molar-refractivity contribution is 7.86. The van der Waals surface area contributed by atoms with E-state index < -0.39 is 22.2 Å². The maximum absolute atomic E-state index is 14.1. The molecule has 4 aromatic rings. The van der Waals surface area contributed by atoms with Crippen LogP contribution in [0.5, 0.6) is 0 Å². The predicted molar refractivity (Wildman–Crippen MR) is 114 cm³/mol. The minimum atomic E-state index is -4.55. The van der Waals surface area contributed by atoms with Crippen molar-refractivity contribution in [1.82, 2.24) is 15.0 Å². The number of carboxylic acid groups (broad SMARTS) is 1. The molecular weight excluding hydrogens is 441 g/mol. The molecule has 32 heavy (non-hydrogen) atoms. The molecule has 0 saturated carbocycles. The van der Waals surface area contributed by atoms with Gasteiger partial charge in [-0.1, -0.05) is 36.4 Å². The van der Waals surface area contributed by atoms with Gasteiger partial charge in [-0.25, -0.2) is 4.79 Å². The number of hydrogen-bond acceptors (Lipinski definition) is 8. The Hall–Kier alpha value is -4.16. The largest absolute Gasteiger partial charge is 0.478 e. The lowest BCUT2D eigenvalue weighted by molar-refractivity contribution is 0.0698. The summed E-state index contributed by atoms with van der Waals surface area (Å²) in [5.74, 6) is -1.75. The Kier molecular flexibility index (Phi) is 5.38. The first-order valence-corrected chi connectivity index (χ1v) is 10.4. The lowest BCUT2D eigenvalue weighted by Crippen LogP contribution is -2.09. The van der Waals surface area contributed by atoms with Crippen LogP contribution < -0.4 is 10.6 Å². The molecule has 0 aliphatic rings. The van der Waals surface area contributed by atoms with E-state index in [1.807, 2.05) is 0 Å². The van der Waals surface area contributed by atoms with Crippen LogP contribution in [0.25, 0.3) is 10.8 Å². The Morgan fingerprint density at radius 1 is 0.844 bits per heavy atom. The third kappa shape index (κ3) is 4.31. The number of anilines is 4. The number of fused-ring (bicyclic) bond motifs is 1. The van der Waals surface area contributed by atoms with Gasteiger partial charge in [0.15, 0.2) is 0 Å². The average Bonchev–Trinajstić information content (AvgIpc) is 2.72. The van der Waals surface area contributed by atoms with E-state index in [0.717, 1.165) is 0 Å². The fourth-order valence-corrected chi connectivity index (χ4v) is 3.84. The minimum absolute atomic E-state index is 0.0744. The minimum Gasteiger partial charge on any atom is -0.478 e. The zero-order chi connectivity index (χ0) is 22.9. The maximum Gasteiger partial charge on any atom is 0.337 e. The van der Waals surface area contributed by atoms with Gasteiger partial charge in [-0.2, -0.15) is 27.8 Å². The van der Waals surface area contributed by atoms with Gasteiger partial charge in [-0.05, 0) is 29.7 Å². The molecule has 0 aliphatic carbocycles. The molecule has 0 bridgehead atoms. The van der Waals surface area contributed by atoms with Gasteiger partial charge in [-0.15, -0.1) is 0 Å². The number of para-hydroxylation sites is 1. The Morgan fingerprint density at radius 2 is 1.44 bits per heavy atom. The van der Waals surface area contributed by atoms with Crippen molar-refractivity contribution in [2.75, 3.05) is 10.6 Å². The lowest BCUT2D eigenvalue weighted by atomic mass is 10.1. The summed E-state index contributed by atoms with van der Waals surface area (Å²) < 4.78 is 47.3. The molecule has 0 amide bonds. The number of carbonyl (C=O) groups is 1. The van der Waals surface area contributed by atoms with Gasteiger partial charge >= 0.3 is 12.0 Å². The van der Waals surface area contributed by atoms with Crippen LogP contribution in [0.3, 0.4) is 0 Å². The summed E-state index contributed by atoms with van der Waals surface area (Å²) in [7, 11) is -4.55. The van der Waals surface area contributed by atoms with E-state index >= 15 is 0 Å². The fourth-order valence-electron chi connectivity index (χ4n) is 3.11. The zero-order valence-corrected chi connectivity index (χ0v) is 16.8. The van der Waals surface area contributed by atoms with Gasteiger partial charge in [0.1, 0.15) is 4.90 Å². The van der Waals surface area contributed by atoms with Crippen LogP contribution in [-0.2, 0) is 10.1 Å². The number of aromatic carboxylic acids is 1. The van der Waals surface area contributed by atoms with E-state index in [2.05, 4.69) is 25.6 Å². The van der Waals surface area contributed by atoms with Gasteiger partial charge in [0.05, 0.1) is 16.9 Å². The molecule has 162 valence electrons. The zero-order valence-electron chi connectivity index (χ0n) is 16.0. The molecule has 0 aliphatic heterocycles. The quantitative estimate of drug-likeness (QED) is 0.317. The molecule has 0 atom stereocenters. The van der Waals surface area contributed by atoms with Crippen LogP contribution >= 0.6 is 0 Å². The second kappa shape index (κ2) is 8.17. The molecule has 4 rings (SSSR count). The molecular formula is C20H14FN5O5S. The summed E-state index contributed by atoms with van der Waals surface area (Å²) >= 11 is 0. The number of hydrogen-bond donors (Lipinski definition) is 4. The third-order valence-corrected chi connectivity index (χ3v) is 5.30. The molecule has 1 heterocycles. The molecule has 4 N–H and O–H groups in total. The number of halogens is 1. The molecule has 0 unspecified atom stereocenters. The van der Waals surface area contributed by atoms with E-state index in [1.54, 1.807) is 24.3 Å². The summed E-state index contributed by atoms with van der Waals surface area (Å²) in [4.78, 5) is 22.1. The van der Waals surface area contributed by atoms with Crippen LogP contribution in [0.2, 0.25) is 0 Å². The first kappa shape index (κ1) is 21.1. The summed E-state index contributed by atoms with van der Waals surface area (Å²) in [6.45, 7) is 0. The number of benzene rings is 3. The average molecular weight is 455 g/mol. The maximum atomic E-state index is 14.1. The van der Waals surface area contributed by atoms with Crippen LogP contribution in [0.15, 0.2) is 65.6 Å². The van der Waals surface area contributed by atoms with Gasteiger partial charge in [0.25, 0.3) is 10.1 Å². The van der Waals surface area contributed by atoms with E-state index in [9.17, 15) is 27.3 Å². The van der Waals surface area contributed by atoms with Crippen molar-refractivity contribution < 1.29 is 27.3 Å². The van der Waals surface area contributed by atoms with Crippen molar-refractivity contribution in [3.63, 3.8) is 0 Å². The first-order valence-electron chi connectivity index (χ1n) is 8.99. The summed E-state index contributed by atoms with van der Waals surface area (Å²) in [6.07, 6.45) is -1.16. The molecule has 0 saturated heterocycles. The third-order valence-electron chi connectivity index (χ3n) is 4.40. The SMILES string of the molecule is O=C(O)c1ccccc1Nc1nc(F)nc(Nc2cccc3cccc(S(=O)(=O)O)c23)n1. The number of carboxylic acids is 1. The highest BCUT2D eigenvalue weighted by Gasteiger charge is 2.18. The van der Waals surface area contributed by atoms with Crippen LogP contribution in [0, 0.1) is 6.08 Å². The molecule has 0 spiro atoms. The van der Waals surface area contributed by atoms with Gasteiger partial charge < -0.3 is 15.7 Å². The lowest BCUT2D eigenvalue weighted by Gasteiger charge is -2.12. The van der Waals surface area contributed by atoms with Crippen molar-refractivity contribution in [2.45, 2.75) is 4.90 Å². The highest BCUT2D eigenvalue weighted by atomic mass is 32.2. The number of nitrogens with zero attached hydrogens (tertiary/aromatic N) is 3. The Labute approximate surface area is 180 Å². The van der Waals surface area contributed by atoms with Crippen molar-refractivity contribution in [3.05, 3.63) is 72.3 Å².